The molecule has 1 N–H and O–H groups in total. The summed E-state index contributed by atoms with van der Waals surface area (Å²) in [6.07, 6.45) is 3.61. The number of amides is 2. The molecule has 0 saturated carbocycles. The van der Waals surface area contributed by atoms with Crippen LogP contribution in [0.3, 0.4) is 0 Å². The second-order valence-electron chi connectivity index (χ2n) is 8.11. The Morgan fingerprint density at radius 3 is 2.39 bits per heavy atom. The lowest BCUT2D eigenvalue weighted by atomic mass is 9.89. The molecule has 1 unspecified atom stereocenters. The zero-order valence-corrected chi connectivity index (χ0v) is 20.3. The molecule has 4 rings (SSSR count). The number of carboxylic acids is 1. The van der Waals surface area contributed by atoms with Gasteiger partial charge >= 0.3 is 27.6 Å². The predicted octanol–water partition coefficient (Wildman–Crippen LogP) is 3.83. The Morgan fingerprint density at radius 2 is 1.76 bits per heavy atom. The number of hydrogen-bond acceptors (Lipinski definition) is 8. The van der Waals surface area contributed by atoms with E-state index in [1.54, 1.807) is 0 Å². The SMILES string of the molecule is CC1(OC(=O)c2ccc(Cl)cc2C(=O)O)C=Cc2cccc3c2C(=C1)C(=O)N(OS(=O)(=O)C(F)(F)F)C3=O. The van der Waals surface area contributed by atoms with Crippen molar-refractivity contribution in [2.24, 2.45) is 0 Å². The molecule has 1 atom stereocenters. The zero-order valence-electron chi connectivity index (χ0n) is 18.8. The van der Waals surface area contributed by atoms with Crippen LogP contribution in [-0.2, 0) is 23.9 Å². The van der Waals surface area contributed by atoms with Crippen LogP contribution in [0.4, 0.5) is 13.2 Å². The van der Waals surface area contributed by atoms with Crippen molar-refractivity contribution >= 4 is 57.1 Å². The predicted molar refractivity (Wildman–Crippen MR) is 123 cm³/mol. The molecule has 10 nitrogen and oxygen atoms in total. The van der Waals surface area contributed by atoms with Gasteiger partial charge in [0.05, 0.1) is 22.3 Å². The summed E-state index contributed by atoms with van der Waals surface area (Å²) in [5.74, 6) is -5.71. The van der Waals surface area contributed by atoms with Crippen molar-refractivity contribution in [1.29, 1.82) is 0 Å². The van der Waals surface area contributed by atoms with E-state index in [1.807, 2.05) is 0 Å². The van der Waals surface area contributed by atoms with E-state index in [-0.39, 0.29) is 21.7 Å². The van der Waals surface area contributed by atoms with E-state index in [9.17, 15) is 45.9 Å². The number of imide groups is 1. The number of carboxylic acid groups (broad SMARTS) is 1. The maximum Gasteiger partial charge on any atom is 0.525 e. The van der Waals surface area contributed by atoms with E-state index in [4.69, 9.17) is 16.3 Å². The fraction of sp³-hybridized carbons (Fsp3) is 0.130. The molecule has 198 valence electrons. The van der Waals surface area contributed by atoms with Gasteiger partial charge in [-0.2, -0.15) is 21.6 Å². The standard InChI is InChI=1S/C23H13ClF3NO9S/c1-22(36-21(33)13-6-5-12(24)9-15(13)20(31)32)8-7-11-3-2-4-14-17(11)16(10-22)19(30)28(18(14)29)37-38(34,35)23(25,26)27/h2-10H,1H3,(H,31,32). The summed E-state index contributed by atoms with van der Waals surface area (Å²) in [6, 6.07) is 7.25. The molecule has 2 aromatic rings. The molecule has 2 amide bonds. The van der Waals surface area contributed by atoms with E-state index in [2.05, 4.69) is 4.28 Å². The molecule has 0 spiro atoms. The maximum absolute atomic E-state index is 13.1. The summed E-state index contributed by atoms with van der Waals surface area (Å²) in [7, 11) is -6.41. The molecular formula is C23H13ClF3NO9S. The monoisotopic (exact) mass is 571 g/mol. The molecule has 1 heterocycles. The van der Waals surface area contributed by atoms with Crippen LogP contribution in [0.2, 0.25) is 5.02 Å². The highest BCUT2D eigenvalue weighted by molar-refractivity contribution is 7.87. The van der Waals surface area contributed by atoms with Crippen LogP contribution in [-0.4, -0.2) is 53.4 Å². The average molecular weight is 572 g/mol. The van der Waals surface area contributed by atoms with Gasteiger partial charge in [0, 0.05) is 10.6 Å². The normalized spacial score (nSPS) is 19.0. The Bertz CT molecular complexity index is 1600. The van der Waals surface area contributed by atoms with Crippen LogP contribution in [0.1, 0.15) is 49.1 Å². The molecule has 0 bridgehead atoms. The van der Waals surface area contributed by atoms with Crippen LogP contribution in [0.5, 0.6) is 0 Å². The number of aromatic carboxylic acids is 1. The molecule has 0 fully saturated rings. The third-order valence-electron chi connectivity index (χ3n) is 5.42. The number of hydroxylamine groups is 2. The number of nitrogens with zero attached hydrogens (tertiary/aromatic N) is 1. The summed E-state index contributed by atoms with van der Waals surface area (Å²) in [5, 5.41) is 8.89. The van der Waals surface area contributed by atoms with Crippen molar-refractivity contribution in [2.75, 3.05) is 0 Å². The van der Waals surface area contributed by atoms with E-state index >= 15 is 0 Å². The number of benzene rings is 2. The van der Waals surface area contributed by atoms with Gasteiger partial charge in [-0.25, -0.2) is 9.59 Å². The molecule has 38 heavy (non-hydrogen) atoms. The van der Waals surface area contributed by atoms with Crippen LogP contribution in [0, 0.1) is 0 Å². The van der Waals surface area contributed by atoms with Crippen molar-refractivity contribution in [3.8, 4) is 0 Å². The smallest absolute Gasteiger partial charge is 0.478 e. The maximum atomic E-state index is 13.1. The minimum atomic E-state index is -6.41. The molecule has 0 radical (unpaired) electrons. The minimum Gasteiger partial charge on any atom is -0.478 e. The first-order chi connectivity index (χ1) is 17.5. The Morgan fingerprint density at radius 1 is 1.08 bits per heavy atom. The third kappa shape index (κ3) is 4.68. The Balaban J connectivity index is 1.81. The molecule has 2 aromatic carbocycles. The van der Waals surface area contributed by atoms with Gasteiger partial charge in [0.25, 0.3) is 11.8 Å². The number of carbonyl (C=O) groups is 4. The first kappa shape index (κ1) is 27.0. The van der Waals surface area contributed by atoms with Gasteiger partial charge in [-0.3, -0.25) is 9.59 Å². The lowest BCUT2D eigenvalue weighted by Crippen LogP contribution is -2.45. The number of halogens is 4. The number of carbonyl (C=O) groups excluding carboxylic acids is 3. The van der Waals surface area contributed by atoms with E-state index < -0.39 is 66.7 Å². The van der Waals surface area contributed by atoms with Gasteiger partial charge in [0.15, 0.2) is 0 Å². The van der Waals surface area contributed by atoms with Crippen molar-refractivity contribution in [3.63, 3.8) is 0 Å². The number of alkyl halides is 3. The summed E-state index contributed by atoms with van der Waals surface area (Å²) >= 11 is 5.80. The Kier molecular flexibility index (Phi) is 6.46. The molecule has 0 aromatic heterocycles. The average Bonchev–Trinajstić information content (AvgIpc) is 2.96. The van der Waals surface area contributed by atoms with Gasteiger partial charge in [0.1, 0.15) is 5.60 Å². The lowest BCUT2D eigenvalue weighted by molar-refractivity contribution is -0.144. The molecule has 15 heteroatoms. The number of rotatable bonds is 5. The Labute approximate surface area is 216 Å². The molecular weight excluding hydrogens is 559 g/mol. The number of esters is 1. The van der Waals surface area contributed by atoms with Gasteiger partial charge in [-0.1, -0.05) is 29.8 Å². The van der Waals surface area contributed by atoms with Crippen molar-refractivity contribution < 1.29 is 54.9 Å². The quantitative estimate of drug-likeness (QED) is 0.321. The fourth-order valence-electron chi connectivity index (χ4n) is 3.73. The van der Waals surface area contributed by atoms with Crippen molar-refractivity contribution in [3.05, 3.63) is 81.4 Å². The van der Waals surface area contributed by atoms with E-state index in [0.717, 1.165) is 24.3 Å². The number of hydrogen-bond donors (Lipinski definition) is 1. The van der Waals surface area contributed by atoms with Crippen LogP contribution in [0.25, 0.3) is 11.6 Å². The second kappa shape index (κ2) is 9.08. The van der Waals surface area contributed by atoms with E-state index in [1.165, 1.54) is 37.3 Å². The van der Waals surface area contributed by atoms with Gasteiger partial charge in [-0.05, 0) is 48.9 Å². The highest BCUT2D eigenvalue weighted by Crippen LogP contribution is 2.39. The van der Waals surface area contributed by atoms with Crippen LogP contribution < -0.4 is 0 Å². The fourth-order valence-corrected chi connectivity index (χ4v) is 4.32. The van der Waals surface area contributed by atoms with Crippen molar-refractivity contribution in [2.45, 2.75) is 18.0 Å². The molecule has 0 saturated heterocycles. The summed E-state index contributed by atoms with van der Waals surface area (Å²) in [5.41, 5.74) is -9.41. The first-order valence-electron chi connectivity index (χ1n) is 10.3. The largest absolute Gasteiger partial charge is 0.525 e. The molecule has 2 aliphatic rings. The zero-order chi connectivity index (χ0) is 28.2. The summed E-state index contributed by atoms with van der Waals surface area (Å²) in [6.45, 7) is 1.26. The van der Waals surface area contributed by atoms with Crippen LogP contribution >= 0.6 is 11.6 Å². The van der Waals surface area contributed by atoms with Crippen molar-refractivity contribution in [1.82, 2.24) is 5.06 Å². The molecule has 1 aliphatic heterocycles. The van der Waals surface area contributed by atoms with Gasteiger partial charge in [-0.15, -0.1) is 9.35 Å². The third-order valence-corrected chi connectivity index (χ3v) is 6.57. The minimum absolute atomic E-state index is 0.0241. The second-order valence-corrected chi connectivity index (χ2v) is 10.1. The highest BCUT2D eigenvalue weighted by Gasteiger charge is 2.52. The summed E-state index contributed by atoms with van der Waals surface area (Å²) in [4.78, 5) is 50.4. The van der Waals surface area contributed by atoms with Crippen LogP contribution in [0.15, 0.2) is 48.6 Å². The number of ether oxygens (including phenoxy) is 1. The topological polar surface area (TPSA) is 144 Å². The molecule has 1 aliphatic carbocycles. The van der Waals surface area contributed by atoms with E-state index in [0.29, 0.717) is 0 Å². The van der Waals surface area contributed by atoms with Gasteiger partial charge < -0.3 is 9.84 Å². The lowest BCUT2D eigenvalue weighted by Gasteiger charge is -2.29. The first-order valence-corrected chi connectivity index (χ1v) is 12.0. The summed E-state index contributed by atoms with van der Waals surface area (Å²) < 4.78 is 71.2. The Hall–Kier alpha value is -4.01. The highest BCUT2D eigenvalue weighted by atomic mass is 35.5. The van der Waals surface area contributed by atoms with Gasteiger partial charge in [0.2, 0.25) is 0 Å².